The van der Waals surface area contributed by atoms with Gasteiger partial charge in [-0.1, -0.05) is 53.5 Å². The molecule has 0 aliphatic carbocycles. The van der Waals surface area contributed by atoms with Gasteiger partial charge in [0.25, 0.3) is 0 Å². The van der Waals surface area contributed by atoms with Crippen molar-refractivity contribution in [2.24, 2.45) is 0 Å². The van der Waals surface area contributed by atoms with Crippen LogP contribution in [0.3, 0.4) is 0 Å². The highest BCUT2D eigenvalue weighted by molar-refractivity contribution is 6.42. The zero-order valence-corrected chi connectivity index (χ0v) is 20.7. The number of ether oxygens (including phenoxy) is 2. The van der Waals surface area contributed by atoms with Crippen molar-refractivity contribution in [3.63, 3.8) is 0 Å². The number of aliphatic hydroxyl groups is 1. The molecule has 188 valence electrons. The van der Waals surface area contributed by atoms with Gasteiger partial charge in [-0.2, -0.15) is 0 Å². The van der Waals surface area contributed by atoms with Gasteiger partial charge in [-0.05, 0) is 36.6 Å². The summed E-state index contributed by atoms with van der Waals surface area (Å²) in [4.78, 5) is 27.3. The number of halogens is 2. The topological polar surface area (TPSA) is 100 Å². The van der Waals surface area contributed by atoms with E-state index in [1.165, 1.54) is 0 Å². The summed E-state index contributed by atoms with van der Waals surface area (Å²) in [7, 11) is 0. The number of hydrogen-bond donors (Lipinski definition) is 3. The molecule has 10 heteroatoms. The molecule has 8 nitrogen and oxygen atoms in total. The van der Waals surface area contributed by atoms with Crippen molar-refractivity contribution in [1.82, 2.24) is 10.2 Å². The number of carbonyl (C=O) groups excluding carboxylic acids is 2. The summed E-state index contributed by atoms with van der Waals surface area (Å²) in [6.07, 6.45) is -0.0629. The number of amides is 3. The lowest BCUT2D eigenvalue weighted by Crippen LogP contribution is -2.58. The number of hydrogen-bond acceptors (Lipinski definition) is 5. The van der Waals surface area contributed by atoms with Crippen LogP contribution in [0.5, 0.6) is 0 Å². The summed E-state index contributed by atoms with van der Waals surface area (Å²) < 4.78 is 11.8. The predicted molar refractivity (Wildman–Crippen MR) is 134 cm³/mol. The van der Waals surface area contributed by atoms with Gasteiger partial charge in [-0.15, -0.1) is 0 Å². The summed E-state index contributed by atoms with van der Waals surface area (Å²) in [5, 5.41) is 16.8. The lowest BCUT2D eigenvalue weighted by Gasteiger charge is -2.44. The number of β-amino-alcohol motifs (C(OH)–C–C–N with tert-alkyl or cyclic N) is 1. The van der Waals surface area contributed by atoms with Gasteiger partial charge in [-0.3, -0.25) is 4.79 Å². The zero-order chi connectivity index (χ0) is 24.8. The number of benzene rings is 2. The first-order valence-corrected chi connectivity index (χ1v) is 12.4. The third-order valence-corrected chi connectivity index (χ3v) is 6.90. The quantitative estimate of drug-likeness (QED) is 0.554. The molecular weight excluding hydrogens is 493 g/mol. The van der Waals surface area contributed by atoms with Crippen molar-refractivity contribution in [2.75, 3.05) is 25.1 Å². The lowest BCUT2D eigenvalue weighted by atomic mass is 9.95. The Morgan fingerprint density at radius 1 is 1.06 bits per heavy atom. The normalized spacial score (nSPS) is 24.6. The number of aliphatic hydroxyl groups excluding tert-OH is 1. The van der Waals surface area contributed by atoms with Gasteiger partial charge in [-0.25, -0.2) is 4.79 Å². The number of urea groups is 1. The van der Waals surface area contributed by atoms with Gasteiger partial charge in [0.2, 0.25) is 5.91 Å². The van der Waals surface area contributed by atoms with Gasteiger partial charge in [0.15, 0.2) is 0 Å². The Morgan fingerprint density at radius 2 is 1.86 bits per heavy atom. The predicted octanol–water partition coefficient (Wildman–Crippen LogP) is 3.84. The SMILES string of the molecule is O=C(C[C@H]1CC[C@@H]2[C@H](COC[C@H](O)CN2C(=O)Nc2ccc(Cl)c(Cl)c2)O1)NCc1ccccc1. The third-order valence-electron chi connectivity index (χ3n) is 6.16. The maximum Gasteiger partial charge on any atom is 0.322 e. The van der Waals surface area contributed by atoms with Crippen molar-refractivity contribution in [3.05, 3.63) is 64.1 Å². The van der Waals surface area contributed by atoms with Crippen LogP contribution < -0.4 is 10.6 Å². The van der Waals surface area contributed by atoms with E-state index in [4.69, 9.17) is 32.7 Å². The molecule has 2 saturated heterocycles. The highest BCUT2D eigenvalue weighted by Crippen LogP contribution is 2.29. The van der Waals surface area contributed by atoms with E-state index in [1.807, 2.05) is 30.3 Å². The molecule has 2 aliphatic rings. The summed E-state index contributed by atoms with van der Waals surface area (Å²) in [5.41, 5.74) is 1.53. The highest BCUT2D eigenvalue weighted by atomic mass is 35.5. The molecule has 2 fully saturated rings. The van der Waals surface area contributed by atoms with Crippen LogP contribution in [0, 0.1) is 0 Å². The van der Waals surface area contributed by atoms with Crippen LogP contribution in [0.4, 0.5) is 10.5 Å². The van der Waals surface area contributed by atoms with E-state index >= 15 is 0 Å². The Kier molecular flexibility index (Phi) is 8.86. The molecule has 0 radical (unpaired) electrons. The molecule has 2 heterocycles. The maximum atomic E-state index is 13.2. The van der Waals surface area contributed by atoms with Gasteiger partial charge in [0.05, 0.1) is 54.5 Å². The van der Waals surface area contributed by atoms with E-state index in [9.17, 15) is 14.7 Å². The standard InChI is InChI=1S/C25H29Cl2N3O5/c26-20-8-6-17(10-21(20)27)29-25(33)30-13-18(31)14-34-15-23-22(30)9-7-19(35-23)11-24(32)28-12-16-4-2-1-3-5-16/h1-6,8,10,18-19,22-23,31H,7,9,11-15H2,(H,28,32)(H,29,33)/t18-,19-,22-,23+/m1/s1. The molecule has 3 amide bonds. The van der Waals surface area contributed by atoms with Crippen molar-refractivity contribution >= 4 is 40.8 Å². The van der Waals surface area contributed by atoms with Crippen LogP contribution in [-0.2, 0) is 20.8 Å². The van der Waals surface area contributed by atoms with Crippen LogP contribution >= 0.6 is 23.2 Å². The first kappa shape index (κ1) is 25.7. The van der Waals surface area contributed by atoms with E-state index in [-0.39, 0.29) is 50.3 Å². The van der Waals surface area contributed by atoms with Crippen LogP contribution in [0.1, 0.15) is 24.8 Å². The Morgan fingerprint density at radius 3 is 2.63 bits per heavy atom. The molecule has 35 heavy (non-hydrogen) atoms. The average molecular weight is 522 g/mol. The zero-order valence-electron chi connectivity index (χ0n) is 19.2. The van der Waals surface area contributed by atoms with Gasteiger partial charge in [0.1, 0.15) is 6.10 Å². The molecule has 2 aliphatic heterocycles. The molecule has 4 rings (SSSR count). The van der Waals surface area contributed by atoms with Crippen LogP contribution in [0.2, 0.25) is 10.0 Å². The fourth-order valence-electron chi connectivity index (χ4n) is 4.42. The molecule has 0 bridgehead atoms. The number of rotatable bonds is 5. The monoisotopic (exact) mass is 521 g/mol. The lowest BCUT2D eigenvalue weighted by molar-refractivity contribution is -0.149. The molecule has 0 aromatic heterocycles. The van der Waals surface area contributed by atoms with Crippen LogP contribution in [-0.4, -0.2) is 66.1 Å². The number of nitrogens with one attached hydrogen (secondary N) is 2. The van der Waals surface area contributed by atoms with Crippen LogP contribution in [0.25, 0.3) is 0 Å². The fourth-order valence-corrected chi connectivity index (χ4v) is 4.72. The first-order chi connectivity index (χ1) is 16.9. The average Bonchev–Trinajstić information content (AvgIpc) is 2.83. The molecule has 0 unspecified atom stereocenters. The second kappa shape index (κ2) is 12.1. The number of nitrogens with zero attached hydrogens (tertiary/aromatic N) is 1. The molecule has 4 atom stereocenters. The summed E-state index contributed by atoms with van der Waals surface area (Å²) in [5.74, 6) is -0.0892. The molecular formula is C25H29Cl2N3O5. The first-order valence-electron chi connectivity index (χ1n) is 11.6. The molecule has 3 N–H and O–H groups in total. The number of anilines is 1. The number of fused-ring (bicyclic) bond motifs is 1. The Hall–Kier alpha value is -2.36. The smallest absolute Gasteiger partial charge is 0.322 e. The van der Waals surface area contributed by atoms with E-state index in [0.29, 0.717) is 35.1 Å². The van der Waals surface area contributed by atoms with Crippen molar-refractivity contribution < 1.29 is 24.2 Å². The minimum Gasteiger partial charge on any atom is -0.389 e. The minimum atomic E-state index is -0.822. The Labute approximate surface area is 214 Å². The van der Waals surface area contributed by atoms with E-state index in [0.717, 1.165) is 5.56 Å². The molecule has 0 saturated carbocycles. The molecule has 2 aromatic carbocycles. The maximum absolute atomic E-state index is 13.2. The van der Waals surface area contributed by atoms with Crippen LogP contribution in [0.15, 0.2) is 48.5 Å². The fraction of sp³-hybridized carbons (Fsp3) is 0.440. The second-order valence-electron chi connectivity index (χ2n) is 8.81. The van der Waals surface area contributed by atoms with E-state index in [1.54, 1.807) is 23.1 Å². The van der Waals surface area contributed by atoms with E-state index in [2.05, 4.69) is 10.6 Å². The second-order valence-corrected chi connectivity index (χ2v) is 9.62. The Bertz CT molecular complexity index is 1030. The molecule has 2 aromatic rings. The summed E-state index contributed by atoms with van der Waals surface area (Å²) >= 11 is 12.0. The number of carbonyl (C=O) groups is 2. The highest BCUT2D eigenvalue weighted by Gasteiger charge is 2.40. The van der Waals surface area contributed by atoms with Gasteiger partial charge < -0.3 is 30.1 Å². The largest absolute Gasteiger partial charge is 0.389 e. The van der Waals surface area contributed by atoms with Crippen molar-refractivity contribution in [2.45, 2.75) is 50.2 Å². The third kappa shape index (κ3) is 7.08. The van der Waals surface area contributed by atoms with Crippen molar-refractivity contribution in [1.29, 1.82) is 0 Å². The van der Waals surface area contributed by atoms with Crippen molar-refractivity contribution in [3.8, 4) is 0 Å². The molecule has 0 spiro atoms. The van der Waals surface area contributed by atoms with E-state index < -0.39 is 12.2 Å². The summed E-state index contributed by atoms with van der Waals surface area (Å²) in [6.45, 7) is 0.869. The summed E-state index contributed by atoms with van der Waals surface area (Å²) in [6, 6.07) is 13.9. The van der Waals surface area contributed by atoms with Gasteiger partial charge >= 0.3 is 6.03 Å². The minimum absolute atomic E-state index is 0.0887. The Balaban J connectivity index is 1.37. The van der Waals surface area contributed by atoms with Gasteiger partial charge in [0, 0.05) is 12.2 Å².